The molecule has 2 fully saturated rings. The summed E-state index contributed by atoms with van der Waals surface area (Å²) in [6.45, 7) is 5.07. The van der Waals surface area contributed by atoms with Crippen molar-refractivity contribution >= 4 is 11.9 Å². The SMILES string of the molecule is COC(=O)[C@H]1CCCCN1C(=O)C1CCCCC1(C)C. The Morgan fingerprint density at radius 2 is 1.80 bits per heavy atom. The summed E-state index contributed by atoms with van der Waals surface area (Å²) in [5.41, 5.74) is 0.0491. The Morgan fingerprint density at radius 1 is 1.10 bits per heavy atom. The van der Waals surface area contributed by atoms with E-state index in [2.05, 4.69) is 13.8 Å². The van der Waals surface area contributed by atoms with E-state index in [9.17, 15) is 9.59 Å². The van der Waals surface area contributed by atoms with Crippen molar-refractivity contribution in [2.45, 2.75) is 64.8 Å². The molecule has 1 aliphatic carbocycles. The number of piperidine rings is 1. The molecule has 0 radical (unpaired) electrons. The third-order valence-corrected chi connectivity index (χ3v) is 5.06. The average Bonchev–Trinajstić information content (AvgIpc) is 2.45. The molecule has 1 heterocycles. The summed E-state index contributed by atoms with van der Waals surface area (Å²) in [7, 11) is 1.41. The lowest BCUT2D eigenvalue weighted by atomic mass is 9.68. The van der Waals surface area contributed by atoms with E-state index in [1.807, 2.05) is 0 Å². The van der Waals surface area contributed by atoms with Crippen LogP contribution in [0.1, 0.15) is 58.8 Å². The third kappa shape index (κ3) is 2.99. The van der Waals surface area contributed by atoms with Gasteiger partial charge in [-0.1, -0.05) is 26.7 Å². The Bertz CT molecular complexity index is 378. The van der Waals surface area contributed by atoms with Crippen molar-refractivity contribution in [1.82, 2.24) is 4.90 Å². The highest BCUT2D eigenvalue weighted by Gasteiger charge is 2.42. The Hall–Kier alpha value is -1.06. The number of carbonyl (C=O) groups excluding carboxylic acids is 2. The fraction of sp³-hybridized carbons (Fsp3) is 0.875. The molecule has 2 aliphatic rings. The average molecular weight is 281 g/mol. The van der Waals surface area contributed by atoms with Gasteiger partial charge in [-0.15, -0.1) is 0 Å². The molecule has 4 heteroatoms. The first-order chi connectivity index (χ1) is 9.47. The van der Waals surface area contributed by atoms with Crippen molar-refractivity contribution in [3.05, 3.63) is 0 Å². The van der Waals surface area contributed by atoms with Crippen LogP contribution in [0.4, 0.5) is 0 Å². The highest BCUT2D eigenvalue weighted by Crippen LogP contribution is 2.42. The zero-order valence-electron chi connectivity index (χ0n) is 13.0. The number of methoxy groups -OCH3 is 1. The zero-order valence-corrected chi connectivity index (χ0v) is 13.0. The van der Waals surface area contributed by atoms with Gasteiger partial charge in [-0.05, 0) is 37.5 Å². The number of likely N-dealkylation sites (tertiary alicyclic amines) is 1. The predicted molar refractivity (Wildman–Crippen MR) is 77.1 cm³/mol. The van der Waals surface area contributed by atoms with Crippen LogP contribution in [0.3, 0.4) is 0 Å². The lowest BCUT2D eigenvalue weighted by Gasteiger charge is -2.43. The lowest BCUT2D eigenvalue weighted by molar-refractivity contribution is -0.158. The van der Waals surface area contributed by atoms with Crippen molar-refractivity contribution in [3.8, 4) is 0 Å². The summed E-state index contributed by atoms with van der Waals surface area (Å²) < 4.78 is 4.88. The van der Waals surface area contributed by atoms with Crippen LogP contribution in [0.25, 0.3) is 0 Å². The van der Waals surface area contributed by atoms with Crippen LogP contribution in [0.5, 0.6) is 0 Å². The van der Waals surface area contributed by atoms with Crippen molar-refractivity contribution < 1.29 is 14.3 Å². The van der Waals surface area contributed by atoms with Crippen molar-refractivity contribution in [2.24, 2.45) is 11.3 Å². The van der Waals surface area contributed by atoms with Crippen molar-refractivity contribution in [3.63, 3.8) is 0 Å². The van der Waals surface area contributed by atoms with Gasteiger partial charge in [-0.3, -0.25) is 4.79 Å². The van der Waals surface area contributed by atoms with Gasteiger partial charge in [0.2, 0.25) is 5.91 Å². The van der Waals surface area contributed by atoms with Crippen molar-refractivity contribution in [1.29, 1.82) is 0 Å². The number of amides is 1. The number of hydrogen-bond acceptors (Lipinski definition) is 3. The number of rotatable bonds is 2. The monoisotopic (exact) mass is 281 g/mol. The van der Waals surface area contributed by atoms with E-state index in [-0.39, 0.29) is 29.3 Å². The Kier molecular flexibility index (Phi) is 4.71. The van der Waals surface area contributed by atoms with Crippen molar-refractivity contribution in [2.75, 3.05) is 13.7 Å². The molecule has 20 heavy (non-hydrogen) atoms. The minimum absolute atomic E-state index is 0.0491. The van der Waals surface area contributed by atoms with Crippen LogP contribution in [0.2, 0.25) is 0 Å². The molecule has 0 aromatic carbocycles. The molecule has 1 saturated carbocycles. The van der Waals surface area contributed by atoms with Crippen LogP contribution >= 0.6 is 0 Å². The van der Waals surface area contributed by atoms with Gasteiger partial charge in [0, 0.05) is 12.5 Å². The molecule has 2 rings (SSSR count). The van der Waals surface area contributed by atoms with Crippen LogP contribution in [0, 0.1) is 11.3 Å². The molecule has 0 aromatic heterocycles. The molecule has 1 saturated heterocycles. The fourth-order valence-corrected chi connectivity index (χ4v) is 3.73. The topological polar surface area (TPSA) is 46.6 Å². The van der Waals surface area contributed by atoms with Gasteiger partial charge in [0.05, 0.1) is 7.11 Å². The van der Waals surface area contributed by atoms with Gasteiger partial charge in [0.1, 0.15) is 6.04 Å². The molecule has 1 amide bonds. The van der Waals surface area contributed by atoms with E-state index >= 15 is 0 Å². The maximum atomic E-state index is 12.9. The highest BCUT2D eigenvalue weighted by atomic mass is 16.5. The van der Waals surface area contributed by atoms with Crippen LogP contribution in [-0.4, -0.2) is 36.5 Å². The van der Waals surface area contributed by atoms with E-state index in [1.54, 1.807) is 4.90 Å². The van der Waals surface area contributed by atoms with Gasteiger partial charge >= 0.3 is 5.97 Å². The number of ether oxygens (including phenoxy) is 1. The van der Waals surface area contributed by atoms with E-state index in [0.717, 1.165) is 38.5 Å². The Morgan fingerprint density at radius 3 is 2.45 bits per heavy atom. The molecule has 0 aromatic rings. The smallest absolute Gasteiger partial charge is 0.328 e. The third-order valence-electron chi connectivity index (χ3n) is 5.06. The Balaban J connectivity index is 2.14. The zero-order chi connectivity index (χ0) is 14.8. The van der Waals surface area contributed by atoms with Crippen LogP contribution in [0.15, 0.2) is 0 Å². The van der Waals surface area contributed by atoms with Gasteiger partial charge in [0.15, 0.2) is 0 Å². The van der Waals surface area contributed by atoms with E-state index < -0.39 is 0 Å². The fourth-order valence-electron chi connectivity index (χ4n) is 3.73. The lowest BCUT2D eigenvalue weighted by Crippen LogP contribution is -2.53. The van der Waals surface area contributed by atoms with Gasteiger partial charge in [0.25, 0.3) is 0 Å². The van der Waals surface area contributed by atoms with Crippen LogP contribution < -0.4 is 0 Å². The first kappa shape index (κ1) is 15.3. The molecular weight excluding hydrogens is 254 g/mol. The molecule has 1 aliphatic heterocycles. The summed E-state index contributed by atoms with van der Waals surface area (Å²) in [5, 5.41) is 0. The molecular formula is C16H27NO3. The quantitative estimate of drug-likeness (QED) is 0.731. The molecule has 1 unspecified atom stereocenters. The normalized spacial score (nSPS) is 29.9. The van der Waals surface area contributed by atoms with E-state index in [4.69, 9.17) is 4.74 Å². The second-order valence-corrected chi connectivity index (χ2v) is 6.85. The number of hydrogen-bond donors (Lipinski definition) is 0. The summed E-state index contributed by atoms with van der Waals surface area (Å²) in [4.78, 5) is 26.6. The molecule has 0 spiro atoms. The maximum absolute atomic E-state index is 12.9. The van der Waals surface area contributed by atoms with Gasteiger partial charge < -0.3 is 9.64 Å². The number of esters is 1. The largest absolute Gasteiger partial charge is 0.467 e. The summed E-state index contributed by atoms with van der Waals surface area (Å²) in [6.07, 6.45) is 7.11. The maximum Gasteiger partial charge on any atom is 0.328 e. The number of carbonyl (C=O) groups is 2. The second-order valence-electron chi connectivity index (χ2n) is 6.85. The second kappa shape index (κ2) is 6.15. The molecule has 0 bridgehead atoms. The first-order valence-corrected chi connectivity index (χ1v) is 7.85. The molecule has 2 atom stereocenters. The molecule has 0 N–H and O–H groups in total. The van der Waals surface area contributed by atoms with Gasteiger partial charge in [-0.25, -0.2) is 4.79 Å². The summed E-state index contributed by atoms with van der Waals surface area (Å²) in [6, 6.07) is -0.362. The van der Waals surface area contributed by atoms with Crippen LogP contribution in [-0.2, 0) is 14.3 Å². The predicted octanol–water partition coefficient (Wildman–Crippen LogP) is 2.76. The minimum Gasteiger partial charge on any atom is -0.467 e. The Labute approximate surface area is 121 Å². The molecule has 4 nitrogen and oxygen atoms in total. The van der Waals surface area contributed by atoms with Gasteiger partial charge in [-0.2, -0.15) is 0 Å². The standard InChI is InChI=1S/C16H27NO3/c1-16(2)10-6-4-8-12(16)14(18)17-11-7-5-9-13(17)15(19)20-3/h12-13H,4-11H2,1-3H3/t12?,13-/m1/s1. The first-order valence-electron chi connectivity index (χ1n) is 7.85. The summed E-state index contributed by atoms with van der Waals surface area (Å²) in [5.74, 6) is -0.0297. The summed E-state index contributed by atoms with van der Waals surface area (Å²) >= 11 is 0. The molecule has 114 valence electrons. The highest BCUT2D eigenvalue weighted by molar-refractivity contribution is 5.86. The van der Waals surface area contributed by atoms with E-state index in [0.29, 0.717) is 6.54 Å². The van der Waals surface area contributed by atoms with E-state index in [1.165, 1.54) is 13.5 Å². The minimum atomic E-state index is -0.362. The number of nitrogens with zero attached hydrogens (tertiary/aromatic N) is 1.